The molecule has 3 aliphatic rings. The fourth-order valence-electron chi connectivity index (χ4n) is 4.73. The lowest BCUT2D eigenvalue weighted by Gasteiger charge is -2.32. The highest BCUT2D eigenvalue weighted by atomic mass is 16.7. The minimum absolute atomic E-state index is 0.0682. The van der Waals surface area contributed by atoms with Crippen LogP contribution < -0.4 is 5.46 Å². The first-order valence-corrected chi connectivity index (χ1v) is 11.9. The molecule has 7 nitrogen and oxygen atoms in total. The maximum atomic E-state index is 12.9. The molecule has 1 amide bonds. The largest absolute Gasteiger partial charge is 0.494 e. The highest BCUT2D eigenvalue weighted by Crippen LogP contribution is 2.53. The second kappa shape index (κ2) is 7.34. The molecule has 0 unspecified atom stereocenters. The smallest absolute Gasteiger partial charge is 0.444 e. The van der Waals surface area contributed by atoms with E-state index in [1.165, 1.54) is 0 Å². The number of benzene rings is 1. The van der Waals surface area contributed by atoms with Crippen LogP contribution in [0.3, 0.4) is 0 Å². The molecule has 1 aromatic carbocycles. The first-order valence-electron chi connectivity index (χ1n) is 11.9. The second-order valence-electron chi connectivity index (χ2n) is 11.6. The second-order valence-corrected chi connectivity index (χ2v) is 11.6. The Morgan fingerprint density at radius 2 is 1.76 bits per heavy atom. The number of rotatable bonds is 3. The first kappa shape index (κ1) is 22.5. The van der Waals surface area contributed by atoms with Crippen molar-refractivity contribution in [3.8, 4) is 11.3 Å². The summed E-state index contributed by atoms with van der Waals surface area (Å²) in [4.78, 5) is 22.8. The summed E-state index contributed by atoms with van der Waals surface area (Å²) < 4.78 is 18.0. The zero-order chi connectivity index (χ0) is 23.8. The van der Waals surface area contributed by atoms with Crippen molar-refractivity contribution >= 4 is 18.7 Å². The Kier molecular flexibility index (Phi) is 5.00. The average molecular weight is 451 g/mol. The number of imidazole rings is 1. The Morgan fingerprint density at radius 1 is 1.12 bits per heavy atom. The van der Waals surface area contributed by atoms with E-state index in [4.69, 9.17) is 14.0 Å². The Labute approximate surface area is 196 Å². The van der Waals surface area contributed by atoms with Crippen LogP contribution >= 0.6 is 0 Å². The molecule has 3 fully saturated rings. The summed E-state index contributed by atoms with van der Waals surface area (Å²) >= 11 is 0. The maximum Gasteiger partial charge on any atom is 0.494 e. The third-order valence-corrected chi connectivity index (χ3v) is 7.37. The van der Waals surface area contributed by atoms with Crippen molar-refractivity contribution < 1.29 is 18.8 Å². The summed E-state index contributed by atoms with van der Waals surface area (Å²) in [5, 5.41) is 0. The van der Waals surface area contributed by atoms with Crippen LogP contribution in [0.1, 0.15) is 73.2 Å². The van der Waals surface area contributed by atoms with Gasteiger partial charge < -0.3 is 19.0 Å². The standard InChI is InChI=1S/C25H34BN3O4/c1-23(2,3)31-22(30)29-19-12-16(19)13-20(29)21-27-14-18(28-21)15-8-10-17(11-9-15)26-32-24(4,5)25(6,7)33-26/h8-11,14,16,19-20H,12-13H2,1-7H3,(H,27,28)/t16-,19-,20+/m1/s1. The molecule has 8 heteroatoms. The number of nitrogens with one attached hydrogen (secondary N) is 1. The molecule has 176 valence electrons. The van der Waals surface area contributed by atoms with E-state index in [-0.39, 0.29) is 36.5 Å². The number of hydrogen-bond acceptors (Lipinski definition) is 5. The summed E-state index contributed by atoms with van der Waals surface area (Å²) in [5.74, 6) is 1.37. The van der Waals surface area contributed by atoms with Crippen LogP contribution in [0.4, 0.5) is 4.79 Å². The monoisotopic (exact) mass is 451 g/mol. The van der Waals surface area contributed by atoms with Crippen molar-refractivity contribution in [3.63, 3.8) is 0 Å². The van der Waals surface area contributed by atoms with Crippen molar-refractivity contribution in [2.24, 2.45) is 5.92 Å². The zero-order valence-electron chi connectivity index (χ0n) is 20.6. The Morgan fingerprint density at radius 3 is 2.36 bits per heavy atom. The van der Waals surface area contributed by atoms with Crippen molar-refractivity contribution in [2.45, 2.75) is 90.2 Å². The van der Waals surface area contributed by atoms with Gasteiger partial charge in [0.1, 0.15) is 11.4 Å². The molecule has 5 rings (SSSR count). The van der Waals surface area contributed by atoms with Crippen LogP contribution in [0, 0.1) is 5.92 Å². The third kappa shape index (κ3) is 4.08. The van der Waals surface area contributed by atoms with E-state index < -0.39 is 5.60 Å². The summed E-state index contributed by atoms with van der Waals surface area (Å²) in [7, 11) is -0.381. The molecule has 2 aliphatic heterocycles. The molecule has 33 heavy (non-hydrogen) atoms. The van der Waals surface area contributed by atoms with Crippen LogP contribution in [0.5, 0.6) is 0 Å². The number of fused-ring (bicyclic) bond motifs is 1. The summed E-state index contributed by atoms with van der Waals surface area (Å²) in [5.41, 5.74) is 1.70. The molecule has 1 N–H and O–H groups in total. The number of aromatic amines is 1. The topological polar surface area (TPSA) is 76.7 Å². The molecule has 2 saturated heterocycles. The Hall–Kier alpha value is -2.32. The molecular weight excluding hydrogens is 417 g/mol. The number of carbonyl (C=O) groups is 1. The summed E-state index contributed by atoms with van der Waals surface area (Å²) in [6.45, 7) is 13.9. The van der Waals surface area contributed by atoms with Gasteiger partial charge in [-0.2, -0.15) is 0 Å². The predicted octanol–water partition coefficient (Wildman–Crippen LogP) is 4.45. The minimum atomic E-state index is -0.512. The number of aromatic nitrogens is 2. The maximum absolute atomic E-state index is 12.9. The number of H-pyrrole nitrogens is 1. The van der Waals surface area contributed by atoms with Crippen molar-refractivity contribution in [3.05, 3.63) is 36.3 Å². The van der Waals surface area contributed by atoms with E-state index in [2.05, 4.69) is 49.8 Å². The molecule has 2 aromatic rings. The number of amides is 1. The Balaban J connectivity index is 1.32. The number of carbonyl (C=O) groups excluding carboxylic acids is 1. The molecule has 3 heterocycles. The van der Waals surface area contributed by atoms with Gasteiger partial charge in [-0.05, 0) is 78.3 Å². The van der Waals surface area contributed by atoms with Gasteiger partial charge in [0.25, 0.3) is 0 Å². The van der Waals surface area contributed by atoms with Gasteiger partial charge in [-0.15, -0.1) is 0 Å². The van der Waals surface area contributed by atoms with Gasteiger partial charge in [-0.25, -0.2) is 9.78 Å². The van der Waals surface area contributed by atoms with Crippen molar-refractivity contribution in [1.82, 2.24) is 14.9 Å². The number of nitrogens with zero attached hydrogens (tertiary/aromatic N) is 2. The predicted molar refractivity (Wildman–Crippen MR) is 127 cm³/mol. The van der Waals surface area contributed by atoms with Crippen LogP contribution in [0.15, 0.2) is 30.5 Å². The van der Waals surface area contributed by atoms with E-state index in [1.807, 2.05) is 44.0 Å². The van der Waals surface area contributed by atoms with Crippen LogP contribution in [0.2, 0.25) is 0 Å². The van der Waals surface area contributed by atoms with Gasteiger partial charge in [-0.1, -0.05) is 24.3 Å². The van der Waals surface area contributed by atoms with E-state index >= 15 is 0 Å². The zero-order valence-corrected chi connectivity index (χ0v) is 20.6. The molecule has 1 aliphatic carbocycles. The van der Waals surface area contributed by atoms with Gasteiger partial charge in [0.15, 0.2) is 0 Å². The SMILES string of the molecule is CC(C)(C)OC(=O)N1[C@@H]2C[C@@H]2C[C@H]1c1ncc(-c2ccc(B3OC(C)(C)C(C)(C)O3)cc2)[nH]1. The van der Waals surface area contributed by atoms with Crippen molar-refractivity contribution in [2.75, 3.05) is 0 Å². The number of ether oxygens (including phenoxy) is 1. The van der Waals surface area contributed by atoms with Gasteiger partial charge in [0.2, 0.25) is 0 Å². The molecule has 0 radical (unpaired) electrons. The fraction of sp³-hybridized carbons (Fsp3) is 0.600. The lowest BCUT2D eigenvalue weighted by Crippen LogP contribution is -2.41. The first-order chi connectivity index (χ1) is 15.3. The van der Waals surface area contributed by atoms with Crippen LogP contribution in [-0.4, -0.2) is 50.9 Å². The lowest BCUT2D eigenvalue weighted by molar-refractivity contribution is 0.00578. The number of likely N-dealkylation sites (tertiary alicyclic amines) is 1. The minimum Gasteiger partial charge on any atom is -0.444 e. The van der Waals surface area contributed by atoms with Gasteiger partial charge in [0.05, 0.1) is 29.1 Å². The van der Waals surface area contributed by atoms with E-state index in [0.29, 0.717) is 5.92 Å². The quantitative estimate of drug-likeness (QED) is 0.698. The number of hydrogen-bond donors (Lipinski definition) is 1. The van der Waals surface area contributed by atoms with Gasteiger partial charge in [0, 0.05) is 6.04 Å². The van der Waals surface area contributed by atoms with Crippen LogP contribution in [0.25, 0.3) is 11.3 Å². The van der Waals surface area contributed by atoms with E-state index in [9.17, 15) is 4.79 Å². The molecule has 1 saturated carbocycles. The summed E-state index contributed by atoms with van der Waals surface area (Å²) in [6.07, 6.45) is 3.58. The third-order valence-electron chi connectivity index (χ3n) is 7.37. The van der Waals surface area contributed by atoms with E-state index in [1.54, 1.807) is 0 Å². The van der Waals surface area contributed by atoms with E-state index in [0.717, 1.165) is 35.4 Å². The molecule has 0 spiro atoms. The number of piperidine rings is 1. The highest BCUT2D eigenvalue weighted by molar-refractivity contribution is 6.62. The molecule has 3 atom stereocenters. The molecule has 1 aromatic heterocycles. The lowest BCUT2D eigenvalue weighted by atomic mass is 9.79. The van der Waals surface area contributed by atoms with Gasteiger partial charge >= 0.3 is 13.2 Å². The van der Waals surface area contributed by atoms with Gasteiger partial charge in [-0.3, -0.25) is 4.90 Å². The molecular formula is C25H34BN3O4. The average Bonchev–Trinajstić information content (AvgIpc) is 3.07. The Bertz CT molecular complexity index is 1040. The normalized spacial score (nSPS) is 27.5. The van der Waals surface area contributed by atoms with Crippen molar-refractivity contribution in [1.29, 1.82) is 0 Å². The highest BCUT2D eigenvalue weighted by Gasteiger charge is 2.56. The van der Waals surface area contributed by atoms with Crippen LogP contribution in [-0.2, 0) is 14.0 Å². The fourth-order valence-corrected chi connectivity index (χ4v) is 4.73. The summed E-state index contributed by atoms with van der Waals surface area (Å²) in [6, 6.07) is 8.38. The molecule has 0 bridgehead atoms.